The van der Waals surface area contributed by atoms with Crippen LogP contribution in [0.4, 0.5) is 5.69 Å². The van der Waals surface area contributed by atoms with Gasteiger partial charge in [-0.15, -0.1) is 11.8 Å². The number of nitrogens with one attached hydrogen (secondary N) is 2. The van der Waals surface area contributed by atoms with Crippen LogP contribution in [0.1, 0.15) is 13.8 Å². The minimum absolute atomic E-state index is 0.115. The molecule has 2 rings (SSSR count). The molecule has 0 spiro atoms. The second kappa shape index (κ2) is 7.84. The van der Waals surface area contributed by atoms with Crippen LogP contribution in [-0.2, 0) is 14.4 Å². The van der Waals surface area contributed by atoms with E-state index in [2.05, 4.69) is 10.6 Å². The van der Waals surface area contributed by atoms with Gasteiger partial charge in [-0.05, 0) is 31.2 Å². The van der Waals surface area contributed by atoms with Gasteiger partial charge in [0.2, 0.25) is 5.91 Å². The van der Waals surface area contributed by atoms with Crippen molar-refractivity contribution in [3.05, 3.63) is 24.3 Å². The molecule has 126 valence electrons. The third-order valence-electron chi connectivity index (χ3n) is 2.88. The molecule has 1 aromatic rings. The van der Waals surface area contributed by atoms with Crippen LogP contribution in [0.25, 0.3) is 0 Å². The molecule has 1 aliphatic heterocycles. The number of amides is 1. The average Bonchev–Trinajstić information content (AvgIpc) is 2.86. The molecule has 1 saturated heterocycles. The quantitative estimate of drug-likeness (QED) is 0.512. The molecular weight excluding hydrogens is 324 g/mol. The van der Waals surface area contributed by atoms with Gasteiger partial charge < -0.3 is 20.6 Å². The summed E-state index contributed by atoms with van der Waals surface area (Å²) in [5.41, 5.74) is 0.690. The van der Waals surface area contributed by atoms with E-state index in [1.165, 1.54) is 26.0 Å². The monoisotopic (exact) mass is 342 g/mol. The minimum Gasteiger partial charge on any atom is -0.508 e. The number of hydrogen-bond acceptors (Lipinski definition) is 6. The molecule has 9 heteroatoms. The lowest BCUT2D eigenvalue weighted by Crippen LogP contribution is -2.48. The standard InChI is InChI=1S/C8H9NO2.C6H9NO4S/c1-6(10)9-7-2-4-8(11)5-3-7;1-6(5(10)11)7-3(2-12-6)4(8)9/h2-5,11H,1H3,(H,9,10);3,7H,2H2,1H3,(H,8,9)(H,10,11). The smallest absolute Gasteiger partial charge is 0.334 e. The van der Waals surface area contributed by atoms with Crippen molar-refractivity contribution < 1.29 is 29.7 Å². The maximum absolute atomic E-state index is 10.6. The van der Waals surface area contributed by atoms with Crippen LogP contribution in [-0.4, -0.2) is 49.8 Å². The van der Waals surface area contributed by atoms with Crippen LogP contribution in [0.3, 0.4) is 0 Å². The summed E-state index contributed by atoms with van der Waals surface area (Å²) in [6, 6.07) is 5.56. The van der Waals surface area contributed by atoms with Gasteiger partial charge in [0.25, 0.3) is 0 Å². The van der Waals surface area contributed by atoms with E-state index in [4.69, 9.17) is 15.3 Å². The van der Waals surface area contributed by atoms with Gasteiger partial charge in [-0.2, -0.15) is 0 Å². The van der Waals surface area contributed by atoms with Crippen molar-refractivity contribution in [2.75, 3.05) is 11.1 Å². The molecule has 1 fully saturated rings. The van der Waals surface area contributed by atoms with Crippen LogP contribution < -0.4 is 10.6 Å². The van der Waals surface area contributed by atoms with Crippen molar-refractivity contribution in [1.82, 2.24) is 5.32 Å². The van der Waals surface area contributed by atoms with Crippen molar-refractivity contribution >= 4 is 35.3 Å². The number of carbonyl (C=O) groups is 3. The van der Waals surface area contributed by atoms with E-state index in [0.29, 0.717) is 5.69 Å². The molecule has 2 unspecified atom stereocenters. The fourth-order valence-electron chi connectivity index (χ4n) is 1.67. The number of rotatable bonds is 3. The Morgan fingerprint density at radius 3 is 2.17 bits per heavy atom. The third kappa shape index (κ3) is 5.80. The highest BCUT2D eigenvalue weighted by Crippen LogP contribution is 2.30. The third-order valence-corrected chi connectivity index (χ3v) is 4.25. The van der Waals surface area contributed by atoms with Gasteiger partial charge in [0.15, 0.2) is 4.87 Å². The molecular formula is C14H18N2O6S. The van der Waals surface area contributed by atoms with Crippen molar-refractivity contribution in [3.63, 3.8) is 0 Å². The molecule has 1 aromatic carbocycles. The number of hydrogen-bond donors (Lipinski definition) is 5. The summed E-state index contributed by atoms with van der Waals surface area (Å²) in [5.74, 6) is -1.67. The van der Waals surface area contributed by atoms with E-state index < -0.39 is 22.9 Å². The lowest BCUT2D eigenvalue weighted by Gasteiger charge is -2.17. The molecule has 2 atom stereocenters. The van der Waals surface area contributed by atoms with Gasteiger partial charge >= 0.3 is 11.9 Å². The average molecular weight is 342 g/mol. The Morgan fingerprint density at radius 1 is 1.26 bits per heavy atom. The van der Waals surface area contributed by atoms with E-state index in [9.17, 15) is 14.4 Å². The molecule has 0 aromatic heterocycles. The van der Waals surface area contributed by atoms with Crippen molar-refractivity contribution in [3.8, 4) is 5.75 Å². The topological polar surface area (TPSA) is 136 Å². The minimum atomic E-state index is -1.15. The van der Waals surface area contributed by atoms with Crippen LogP contribution in [0, 0.1) is 0 Å². The molecule has 5 N–H and O–H groups in total. The first-order chi connectivity index (χ1) is 10.6. The first-order valence-electron chi connectivity index (χ1n) is 6.58. The summed E-state index contributed by atoms with van der Waals surface area (Å²) in [7, 11) is 0. The van der Waals surface area contributed by atoms with E-state index in [1.54, 1.807) is 12.1 Å². The lowest BCUT2D eigenvalue weighted by atomic mass is 10.2. The number of phenolic OH excluding ortho intramolecular Hbond substituents is 1. The maximum Gasteiger partial charge on any atom is 0.334 e. The second-order valence-corrected chi connectivity index (χ2v) is 6.35. The van der Waals surface area contributed by atoms with Gasteiger partial charge in [0, 0.05) is 18.4 Å². The van der Waals surface area contributed by atoms with Crippen molar-refractivity contribution in [2.24, 2.45) is 0 Å². The molecule has 8 nitrogen and oxygen atoms in total. The van der Waals surface area contributed by atoms with E-state index in [1.807, 2.05) is 0 Å². The molecule has 1 heterocycles. The number of carboxylic acid groups (broad SMARTS) is 2. The van der Waals surface area contributed by atoms with E-state index in [-0.39, 0.29) is 17.4 Å². The Labute approximate surface area is 136 Å². The van der Waals surface area contributed by atoms with Gasteiger partial charge in [-0.1, -0.05) is 0 Å². The normalized spacial score (nSPS) is 22.6. The molecule has 0 bridgehead atoms. The predicted octanol–water partition coefficient (Wildman–Crippen LogP) is 0.927. The molecule has 23 heavy (non-hydrogen) atoms. The van der Waals surface area contributed by atoms with Crippen molar-refractivity contribution in [2.45, 2.75) is 24.8 Å². The summed E-state index contributed by atoms with van der Waals surface area (Å²) in [6.45, 7) is 2.90. The molecule has 1 amide bonds. The number of aromatic hydroxyl groups is 1. The summed E-state index contributed by atoms with van der Waals surface area (Å²) in [4.78, 5) is 30.4. The maximum atomic E-state index is 10.6. The Kier molecular flexibility index (Phi) is 6.40. The number of carbonyl (C=O) groups excluding carboxylic acids is 1. The summed E-state index contributed by atoms with van der Waals surface area (Å²) in [5, 5.41) is 31.2. The highest BCUT2D eigenvalue weighted by atomic mass is 32.2. The van der Waals surface area contributed by atoms with Gasteiger partial charge in [-0.3, -0.25) is 14.9 Å². The second-order valence-electron chi connectivity index (χ2n) is 4.91. The Balaban J connectivity index is 0.000000231. The zero-order valence-electron chi connectivity index (χ0n) is 12.6. The highest BCUT2D eigenvalue weighted by molar-refractivity contribution is 8.01. The van der Waals surface area contributed by atoms with Crippen LogP contribution in [0.15, 0.2) is 24.3 Å². The van der Waals surface area contributed by atoms with E-state index >= 15 is 0 Å². The predicted molar refractivity (Wildman–Crippen MR) is 85.5 cm³/mol. The van der Waals surface area contributed by atoms with E-state index in [0.717, 1.165) is 11.8 Å². The number of aliphatic carboxylic acids is 2. The van der Waals surface area contributed by atoms with Crippen LogP contribution >= 0.6 is 11.8 Å². The number of thioether (sulfide) groups is 1. The summed E-state index contributed by atoms with van der Waals surface area (Å²) in [6.07, 6.45) is 0. The molecule has 1 aliphatic rings. The van der Waals surface area contributed by atoms with Crippen LogP contribution in [0.2, 0.25) is 0 Å². The Morgan fingerprint density at radius 2 is 1.83 bits per heavy atom. The first kappa shape index (κ1) is 18.8. The molecule has 0 saturated carbocycles. The number of benzene rings is 1. The Hall–Kier alpha value is -2.26. The summed E-state index contributed by atoms with van der Waals surface area (Å²) < 4.78 is 0. The van der Waals surface area contributed by atoms with Crippen molar-refractivity contribution in [1.29, 1.82) is 0 Å². The fraction of sp³-hybridized carbons (Fsp3) is 0.357. The zero-order valence-corrected chi connectivity index (χ0v) is 13.4. The zero-order chi connectivity index (χ0) is 17.6. The van der Waals surface area contributed by atoms with Gasteiger partial charge in [0.05, 0.1) is 0 Å². The molecule has 0 aliphatic carbocycles. The number of anilines is 1. The highest BCUT2D eigenvalue weighted by Gasteiger charge is 2.44. The number of phenols is 1. The lowest BCUT2D eigenvalue weighted by molar-refractivity contribution is -0.142. The fourth-order valence-corrected chi connectivity index (χ4v) is 2.75. The summed E-state index contributed by atoms with van der Waals surface area (Å²) >= 11 is 1.10. The number of carboxylic acids is 2. The van der Waals surface area contributed by atoms with Crippen LogP contribution in [0.5, 0.6) is 5.75 Å². The molecule has 0 radical (unpaired) electrons. The first-order valence-corrected chi connectivity index (χ1v) is 7.57. The SMILES string of the molecule is CC(=O)Nc1ccc(O)cc1.CC1(C(=O)O)NC(C(=O)O)CS1. The Bertz CT molecular complexity index is 591. The van der Waals surface area contributed by atoms with Gasteiger partial charge in [-0.25, -0.2) is 4.79 Å². The van der Waals surface area contributed by atoms with Gasteiger partial charge in [0.1, 0.15) is 11.8 Å². The largest absolute Gasteiger partial charge is 0.508 e.